The third kappa shape index (κ3) is 2.17. The molecule has 0 radical (unpaired) electrons. The highest BCUT2D eigenvalue weighted by Gasteiger charge is 2.20. The number of thiophene rings is 1. The number of aryl methyl sites for hydroxylation is 1. The summed E-state index contributed by atoms with van der Waals surface area (Å²) in [6.45, 7) is 0. The average Bonchev–Trinajstić information content (AvgIpc) is 2.81. The summed E-state index contributed by atoms with van der Waals surface area (Å²) in [6, 6.07) is 5.66. The van der Waals surface area contributed by atoms with Crippen molar-refractivity contribution < 1.29 is 4.39 Å². The lowest BCUT2D eigenvalue weighted by Gasteiger charge is -2.24. The normalized spacial score (nSPS) is 18.8. The van der Waals surface area contributed by atoms with Crippen LogP contribution in [-0.4, -0.2) is 4.98 Å². The maximum atomic E-state index is 12.7. The van der Waals surface area contributed by atoms with E-state index in [0.29, 0.717) is 6.04 Å². The van der Waals surface area contributed by atoms with Gasteiger partial charge in [-0.05, 0) is 48.4 Å². The van der Waals surface area contributed by atoms with E-state index >= 15 is 0 Å². The van der Waals surface area contributed by atoms with E-state index in [-0.39, 0.29) is 0 Å². The van der Waals surface area contributed by atoms with Gasteiger partial charge in [-0.1, -0.05) is 0 Å². The molecule has 0 bridgehead atoms. The molecule has 0 fully saturated rings. The first-order valence-corrected chi connectivity index (χ1v) is 6.65. The number of hydrogen-bond acceptors (Lipinski definition) is 3. The number of aromatic nitrogens is 1. The van der Waals surface area contributed by atoms with Gasteiger partial charge in [-0.25, -0.2) is 4.98 Å². The third-order valence-electron chi connectivity index (χ3n) is 3.12. The van der Waals surface area contributed by atoms with E-state index < -0.39 is 5.95 Å². The van der Waals surface area contributed by atoms with E-state index in [9.17, 15) is 4.39 Å². The molecule has 1 aliphatic carbocycles. The molecule has 0 aromatic carbocycles. The van der Waals surface area contributed by atoms with Crippen LogP contribution in [0.15, 0.2) is 29.8 Å². The Balaban J connectivity index is 1.81. The number of nitrogens with zero attached hydrogens (tertiary/aromatic N) is 1. The van der Waals surface area contributed by atoms with Crippen molar-refractivity contribution >= 4 is 17.0 Å². The fourth-order valence-electron chi connectivity index (χ4n) is 2.30. The first kappa shape index (κ1) is 10.7. The van der Waals surface area contributed by atoms with Gasteiger partial charge >= 0.3 is 0 Å². The molecular formula is C13H13FN2S. The molecule has 2 nitrogen and oxygen atoms in total. The van der Waals surface area contributed by atoms with Crippen LogP contribution in [0.3, 0.4) is 0 Å². The molecule has 88 valence electrons. The van der Waals surface area contributed by atoms with Crippen molar-refractivity contribution in [2.75, 3.05) is 5.32 Å². The second kappa shape index (κ2) is 4.45. The highest BCUT2D eigenvalue weighted by atomic mass is 32.1. The van der Waals surface area contributed by atoms with Gasteiger partial charge in [0.25, 0.3) is 0 Å². The van der Waals surface area contributed by atoms with Gasteiger partial charge in [0.1, 0.15) is 0 Å². The largest absolute Gasteiger partial charge is 0.377 e. The SMILES string of the molecule is Fc1ccc(NC2CCCc3sccc32)cn1. The Bertz CT molecular complexity index is 506. The maximum Gasteiger partial charge on any atom is 0.212 e. The van der Waals surface area contributed by atoms with Crippen molar-refractivity contribution in [1.82, 2.24) is 4.98 Å². The molecule has 0 spiro atoms. The lowest BCUT2D eigenvalue weighted by molar-refractivity contribution is 0.582. The monoisotopic (exact) mass is 248 g/mol. The summed E-state index contributed by atoms with van der Waals surface area (Å²) in [5.41, 5.74) is 2.28. The number of nitrogens with one attached hydrogen (secondary N) is 1. The summed E-state index contributed by atoms with van der Waals surface area (Å²) in [5, 5.41) is 5.57. The molecule has 1 atom stereocenters. The molecule has 0 amide bonds. The molecule has 0 saturated carbocycles. The lowest BCUT2D eigenvalue weighted by atomic mass is 9.94. The molecule has 0 saturated heterocycles. The zero-order chi connectivity index (χ0) is 11.7. The molecule has 1 N–H and O–H groups in total. The molecule has 17 heavy (non-hydrogen) atoms. The number of rotatable bonds is 2. The van der Waals surface area contributed by atoms with Gasteiger partial charge in [-0.2, -0.15) is 4.39 Å². The minimum absolute atomic E-state index is 0.345. The molecule has 2 aromatic heterocycles. The number of halogens is 1. The van der Waals surface area contributed by atoms with Crippen LogP contribution < -0.4 is 5.32 Å². The Kier molecular flexibility index (Phi) is 2.81. The van der Waals surface area contributed by atoms with E-state index in [4.69, 9.17) is 0 Å². The quantitative estimate of drug-likeness (QED) is 0.818. The van der Waals surface area contributed by atoms with Crippen LogP contribution in [0.2, 0.25) is 0 Å². The number of anilines is 1. The molecule has 1 aliphatic rings. The van der Waals surface area contributed by atoms with Crippen molar-refractivity contribution in [1.29, 1.82) is 0 Å². The van der Waals surface area contributed by atoms with Crippen molar-refractivity contribution in [3.8, 4) is 0 Å². The summed E-state index contributed by atoms with van der Waals surface area (Å²) in [5.74, 6) is -0.435. The van der Waals surface area contributed by atoms with E-state index in [0.717, 1.165) is 12.1 Å². The Labute approximate surface area is 104 Å². The van der Waals surface area contributed by atoms with E-state index in [1.165, 1.54) is 29.3 Å². The summed E-state index contributed by atoms with van der Waals surface area (Å²) >= 11 is 1.83. The van der Waals surface area contributed by atoms with Crippen molar-refractivity contribution in [3.63, 3.8) is 0 Å². The zero-order valence-electron chi connectivity index (χ0n) is 9.32. The number of pyridine rings is 1. The Hall–Kier alpha value is -1.42. The number of fused-ring (bicyclic) bond motifs is 1. The molecule has 0 aliphatic heterocycles. The number of hydrogen-bond donors (Lipinski definition) is 1. The highest BCUT2D eigenvalue weighted by molar-refractivity contribution is 7.10. The van der Waals surface area contributed by atoms with Crippen LogP contribution in [0, 0.1) is 5.95 Å². The van der Waals surface area contributed by atoms with Gasteiger partial charge in [-0.3, -0.25) is 0 Å². The van der Waals surface area contributed by atoms with Gasteiger partial charge in [0.05, 0.1) is 17.9 Å². The summed E-state index contributed by atoms with van der Waals surface area (Å²) < 4.78 is 12.7. The molecule has 2 heterocycles. The fraction of sp³-hybridized carbons (Fsp3) is 0.308. The predicted octanol–water partition coefficient (Wildman–Crippen LogP) is 3.77. The second-order valence-corrected chi connectivity index (χ2v) is 5.26. The minimum atomic E-state index is -0.435. The molecular weight excluding hydrogens is 235 g/mol. The molecule has 4 heteroatoms. The van der Waals surface area contributed by atoms with Crippen molar-refractivity contribution in [2.45, 2.75) is 25.3 Å². The lowest BCUT2D eigenvalue weighted by Crippen LogP contribution is -2.15. The Morgan fingerprint density at radius 3 is 3.12 bits per heavy atom. The fourth-order valence-corrected chi connectivity index (χ4v) is 3.29. The van der Waals surface area contributed by atoms with Gasteiger partial charge in [0, 0.05) is 4.88 Å². The van der Waals surface area contributed by atoms with Gasteiger partial charge in [-0.15, -0.1) is 11.3 Å². The Morgan fingerprint density at radius 1 is 1.35 bits per heavy atom. The van der Waals surface area contributed by atoms with Crippen LogP contribution in [0.25, 0.3) is 0 Å². The first-order chi connectivity index (χ1) is 8.33. The van der Waals surface area contributed by atoms with Gasteiger partial charge < -0.3 is 5.32 Å². The van der Waals surface area contributed by atoms with E-state index in [1.807, 2.05) is 11.3 Å². The maximum absolute atomic E-state index is 12.7. The van der Waals surface area contributed by atoms with Crippen molar-refractivity contribution in [2.24, 2.45) is 0 Å². The minimum Gasteiger partial charge on any atom is -0.377 e. The van der Waals surface area contributed by atoms with Gasteiger partial charge in [0.15, 0.2) is 0 Å². The highest BCUT2D eigenvalue weighted by Crippen LogP contribution is 2.35. The average molecular weight is 248 g/mol. The topological polar surface area (TPSA) is 24.9 Å². The smallest absolute Gasteiger partial charge is 0.212 e. The molecule has 1 unspecified atom stereocenters. The molecule has 3 rings (SSSR count). The summed E-state index contributed by atoms with van der Waals surface area (Å²) in [4.78, 5) is 5.14. The van der Waals surface area contributed by atoms with E-state index in [2.05, 4.69) is 21.7 Å². The standard InChI is InChI=1S/C13H13FN2S/c14-13-5-4-9(8-15-13)16-11-2-1-3-12-10(11)6-7-17-12/h4-8,11,16H,1-3H2. The Morgan fingerprint density at radius 2 is 2.29 bits per heavy atom. The van der Waals surface area contributed by atoms with Crippen LogP contribution >= 0.6 is 11.3 Å². The van der Waals surface area contributed by atoms with Crippen LogP contribution in [0.4, 0.5) is 10.1 Å². The van der Waals surface area contributed by atoms with Crippen LogP contribution in [0.1, 0.15) is 29.3 Å². The van der Waals surface area contributed by atoms with Crippen molar-refractivity contribution in [3.05, 3.63) is 46.2 Å². The molecule has 2 aromatic rings. The van der Waals surface area contributed by atoms with E-state index in [1.54, 1.807) is 12.3 Å². The van der Waals surface area contributed by atoms with Gasteiger partial charge in [0.2, 0.25) is 5.95 Å². The third-order valence-corrected chi connectivity index (χ3v) is 4.12. The second-order valence-electron chi connectivity index (χ2n) is 4.26. The van der Waals surface area contributed by atoms with Crippen LogP contribution in [-0.2, 0) is 6.42 Å². The summed E-state index contributed by atoms with van der Waals surface area (Å²) in [6.07, 6.45) is 5.07. The predicted molar refractivity (Wildman–Crippen MR) is 67.8 cm³/mol. The first-order valence-electron chi connectivity index (χ1n) is 5.77. The summed E-state index contributed by atoms with van der Waals surface area (Å²) in [7, 11) is 0. The zero-order valence-corrected chi connectivity index (χ0v) is 10.1. The van der Waals surface area contributed by atoms with Crippen LogP contribution in [0.5, 0.6) is 0 Å².